The molecule has 0 saturated carbocycles. The van der Waals surface area contributed by atoms with E-state index >= 15 is 0 Å². The van der Waals surface area contributed by atoms with Crippen molar-refractivity contribution >= 4 is 11.4 Å². The molecule has 3 N–H and O–H groups in total. The van der Waals surface area contributed by atoms with E-state index < -0.39 is 0 Å². The average molecular weight is 234 g/mol. The first-order valence-electron chi connectivity index (χ1n) is 6.07. The molecule has 0 aliphatic carbocycles. The van der Waals surface area contributed by atoms with Gasteiger partial charge in [0.05, 0.1) is 18.0 Å². The van der Waals surface area contributed by atoms with Gasteiger partial charge >= 0.3 is 0 Å². The number of rotatable bonds is 7. The van der Waals surface area contributed by atoms with E-state index in [4.69, 9.17) is 10.5 Å². The predicted octanol–water partition coefficient (Wildman–Crippen LogP) is 3.43. The van der Waals surface area contributed by atoms with Gasteiger partial charge in [-0.2, -0.15) is 0 Å². The minimum Gasteiger partial charge on any atom is -0.491 e. The van der Waals surface area contributed by atoms with E-state index in [1.807, 2.05) is 24.3 Å². The van der Waals surface area contributed by atoms with Crippen LogP contribution >= 0.6 is 0 Å². The summed E-state index contributed by atoms with van der Waals surface area (Å²) in [4.78, 5) is 0. The molecule has 0 saturated heterocycles. The van der Waals surface area contributed by atoms with Gasteiger partial charge in [-0.25, -0.2) is 0 Å². The summed E-state index contributed by atoms with van der Waals surface area (Å²) < 4.78 is 5.58. The van der Waals surface area contributed by atoms with E-state index in [1.165, 1.54) is 0 Å². The Morgan fingerprint density at radius 1 is 1.53 bits per heavy atom. The number of nitrogens with one attached hydrogen (secondary N) is 1. The Balaban J connectivity index is 2.75. The summed E-state index contributed by atoms with van der Waals surface area (Å²) in [5, 5.41) is 3.35. The Hall–Kier alpha value is -1.64. The number of para-hydroxylation sites is 1. The summed E-state index contributed by atoms with van der Waals surface area (Å²) >= 11 is 0. The van der Waals surface area contributed by atoms with Crippen LogP contribution in [0.2, 0.25) is 0 Å². The minimum atomic E-state index is 0.316. The van der Waals surface area contributed by atoms with Crippen molar-refractivity contribution in [1.82, 2.24) is 0 Å². The van der Waals surface area contributed by atoms with Crippen LogP contribution < -0.4 is 15.8 Å². The number of hydrogen-bond donors (Lipinski definition) is 2. The first-order chi connectivity index (χ1) is 8.19. The van der Waals surface area contributed by atoms with E-state index in [0.29, 0.717) is 18.3 Å². The normalized spacial score (nSPS) is 11.9. The minimum absolute atomic E-state index is 0.316. The maximum Gasteiger partial charge on any atom is 0.144 e. The number of benzene rings is 1. The van der Waals surface area contributed by atoms with E-state index in [0.717, 1.165) is 24.3 Å². The average Bonchev–Trinajstić information content (AvgIpc) is 2.30. The van der Waals surface area contributed by atoms with Gasteiger partial charge in [0.1, 0.15) is 5.75 Å². The lowest BCUT2D eigenvalue weighted by molar-refractivity contribution is 0.319. The van der Waals surface area contributed by atoms with Crippen molar-refractivity contribution in [2.75, 3.05) is 17.7 Å². The Bertz CT molecular complexity index is 363. The third kappa shape index (κ3) is 4.02. The molecule has 1 aromatic rings. The van der Waals surface area contributed by atoms with Gasteiger partial charge in [0.25, 0.3) is 0 Å². The van der Waals surface area contributed by atoms with Crippen molar-refractivity contribution in [1.29, 1.82) is 0 Å². The lowest BCUT2D eigenvalue weighted by atomic mass is 10.2. The largest absolute Gasteiger partial charge is 0.491 e. The topological polar surface area (TPSA) is 47.3 Å². The van der Waals surface area contributed by atoms with Crippen LogP contribution in [0.3, 0.4) is 0 Å². The van der Waals surface area contributed by atoms with Crippen molar-refractivity contribution in [2.24, 2.45) is 0 Å². The van der Waals surface area contributed by atoms with Gasteiger partial charge in [0, 0.05) is 6.04 Å². The Morgan fingerprint density at radius 2 is 2.29 bits per heavy atom. The summed E-state index contributed by atoms with van der Waals surface area (Å²) in [5.74, 6) is 0.752. The number of nitrogens with two attached hydrogens (primary N) is 1. The molecule has 0 aromatic heterocycles. The number of hydrogen-bond acceptors (Lipinski definition) is 3. The molecular formula is C14H22N2O. The Kier molecular flexibility index (Phi) is 5.40. The quantitative estimate of drug-likeness (QED) is 0.561. The van der Waals surface area contributed by atoms with Gasteiger partial charge in [0.2, 0.25) is 0 Å². The van der Waals surface area contributed by atoms with E-state index in [1.54, 1.807) is 0 Å². The highest BCUT2D eigenvalue weighted by Crippen LogP contribution is 2.30. The summed E-state index contributed by atoms with van der Waals surface area (Å²) in [7, 11) is 0. The van der Waals surface area contributed by atoms with Crippen LogP contribution in [-0.4, -0.2) is 12.6 Å². The van der Waals surface area contributed by atoms with E-state index in [9.17, 15) is 0 Å². The molecule has 1 aromatic carbocycles. The van der Waals surface area contributed by atoms with Crippen LogP contribution in [0, 0.1) is 0 Å². The second kappa shape index (κ2) is 6.84. The molecule has 0 spiro atoms. The fourth-order valence-corrected chi connectivity index (χ4v) is 1.58. The van der Waals surface area contributed by atoms with Crippen LogP contribution in [0.4, 0.5) is 11.4 Å². The van der Waals surface area contributed by atoms with Crippen LogP contribution in [0.15, 0.2) is 30.9 Å². The zero-order valence-corrected chi connectivity index (χ0v) is 10.7. The fraction of sp³-hybridized carbons (Fsp3) is 0.429. The molecule has 3 nitrogen and oxygen atoms in total. The van der Waals surface area contributed by atoms with Gasteiger partial charge in [-0.05, 0) is 31.9 Å². The molecule has 94 valence electrons. The number of nitrogen functional groups attached to an aromatic ring is 1. The molecule has 0 bridgehead atoms. The standard InChI is InChI=1S/C14H22N2O/c1-4-7-11(3)16-12-8-6-9-13(14(12)15)17-10-5-2/h4,6,8-9,11,16H,1,5,7,10,15H2,2-3H3. The van der Waals surface area contributed by atoms with Gasteiger partial charge in [0.15, 0.2) is 0 Å². The first kappa shape index (κ1) is 13.4. The van der Waals surface area contributed by atoms with Crippen molar-refractivity contribution in [3.8, 4) is 5.75 Å². The van der Waals surface area contributed by atoms with E-state index in [2.05, 4.69) is 25.7 Å². The molecule has 1 rings (SSSR count). The van der Waals surface area contributed by atoms with Crippen LogP contribution in [0.5, 0.6) is 5.75 Å². The molecule has 0 amide bonds. The van der Waals surface area contributed by atoms with Crippen molar-refractivity contribution in [3.63, 3.8) is 0 Å². The highest BCUT2D eigenvalue weighted by Gasteiger charge is 2.07. The zero-order valence-electron chi connectivity index (χ0n) is 10.7. The fourth-order valence-electron chi connectivity index (χ4n) is 1.58. The first-order valence-corrected chi connectivity index (χ1v) is 6.07. The molecule has 0 heterocycles. The van der Waals surface area contributed by atoms with Crippen molar-refractivity contribution in [3.05, 3.63) is 30.9 Å². The zero-order chi connectivity index (χ0) is 12.7. The lowest BCUT2D eigenvalue weighted by Gasteiger charge is -2.17. The SMILES string of the molecule is C=CCC(C)Nc1cccc(OCCC)c1N. The summed E-state index contributed by atoms with van der Waals surface area (Å²) in [5.41, 5.74) is 7.66. The molecule has 17 heavy (non-hydrogen) atoms. The summed E-state index contributed by atoms with van der Waals surface area (Å²) in [6.07, 6.45) is 3.77. The molecule has 0 fully saturated rings. The highest BCUT2D eigenvalue weighted by atomic mass is 16.5. The van der Waals surface area contributed by atoms with Crippen LogP contribution in [-0.2, 0) is 0 Å². The predicted molar refractivity (Wildman–Crippen MR) is 74.5 cm³/mol. The van der Waals surface area contributed by atoms with Crippen molar-refractivity contribution in [2.45, 2.75) is 32.7 Å². The van der Waals surface area contributed by atoms with Crippen LogP contribution in [0.25, 0.3) is 0 Å². The molecule has 0 aliphatic heterocycles. The third-order valence-corrected chi connectivity index (χ3v) is 2.45. The molecule has 3 heteroatoms. The summed E-state index contributed by atoms with van der Waals surface area (Å²) in [6, 6.07) is 6.13. The highest BCUT2D eigenvalue weighted by molar-refractivity contribution is 5.73. The molecule has 1 atom stereocenters. The molecule has 0 aliphatic rings. The molecule has 0 radical (unpaired) electrons. The second-order valence-electron chi connectivity index (χ2n) is 4.14. The van der Waals surface area contributed by atoms with E-state index in [-0.39, 0.29) is 0 Å². The van der Waals surface area contributed by atoms with Crippen LogP contribution in [0.1, 0.15) is 26.7 Å². The maximum absolute atomic E-state index is 6.06. The second-order valence-corrected chi connectivity index (χ2v) is 4.14. The molecular weight excluding hydrogens is 212 g/mol. The Morgan fingerprint density at radius 3 is 2.94 bits per heavy atom. The Labute approximate surface area is 104 Å². The number of anilines is 2. The maximum atomic E-state index is 6.06. The van der Waals surface area contributed by atoms with Crippen molar-refractivity contribution < 1.29 is 4.74 Å². The lowest BCUT2D eigenvalue weighted by Crippen LogP contribution is -2.15. The third-order valence-electron chi connectivity index (χ3n) is 2.45. The monoisotopic (exact) mass is 234 g/mol. The van der Waals surface area contributed by atoms with Gasteiger partial charge in [-0.3, -0.25) is 0 Å². The summed E-state index contributed by atoms with van der Waals surface area (Å²) in [6.45, 7) is 8.59. The number of ether oxygens (including phenoxy) is 1. The van der Waals surface area contributed by atoms with Gasteiger partial charge < -0.3 is 15.8 Å². The van der Waals surface area contributed by atoms with Gasteiger partial charge in [-0.15, -0.1) is 6.58 Å². The van der Waals surface area contributed by atoms with Gasteiger partial charge in [-0.1, -0.05) is 19.1 Å². The smallest absolute Gasteiger partial charge is 0.144 e. The molecule has 1 unspecified atom stereocenters.